The molecule has 0 saturated carbocycles. The predicted octanol–water partition coefficient (Wildman–Crippen LogP) is 3.00. The lowest BCUT2D eigenvalue weighted by Crippen LogP contribution is -2.34. The first-order valence-corrected chi connectivity index (χ1v) is 6.90. The molecule has 3 nitrogen and oxygen atoms in total. The second-order valence-electron chi connectivity index (χ2n) is 4.92. The van der Waals surface area contributed by atoms with E-state index in [1.165, 1.54) is 5.56 Å². The molecule has 2 rings (SSSR count). The molecule has 1 aromatic carbocycles. The molecular formula is C15H23ClN2O. The largest absolute Gasteiger partial charge is 0.326 e. The van der Waals surface area contributed by atoms with Crippen LogP contribution in [-0.4, -0.2) is 19.0 Å². The van der Waals surface area contributed by atoms with Gasteiger partial charge in [0.05, 0.1) is 0 Å². The molecule has 0 radical (unpaired) electrons. The Balaban J connectivity index is 0.00000180. The highest BCUT2D eigenvalue weighted by Crippen LogP contribution is 2.20. The first-order valence-electron chi connectivity index (χ1n) is 6.90. The molecule has 0 bridgehead atoms. The maximum absolute atomic E-state index is 12.2. The van der Waals surface area contributed by atoms with Crippen LogP contribution in [0.3, 0.4) is 0 Å². The summed E-state index contributed by atoms with van der Waals surface area (Å²) >= 11 is 0. The SMILES string of the molecule is CCCc1ccccc1NC(=O)C1CCNCC1.Cl. The van der Waals surface area contributed by atoms with E-state index in [1.54, 1.807) is 0 Å². The fraction of sp³-hybridized carbons (Fsp3) is 0.533. The Hall–Kier alpha value is -1.06. The fourth-order valence-electron chi connectivity index (χ4n) is 2.45. The summed E-state index contributed by atoms with van der Waals surface area (Å²) in [5.41, 5.74) is 2.23. The Bertz CT molecular complexity index is 403. The van der Waals surface area contributed by atoms with Gasteiger partial charge in [-0.3, -0.25) is 4.79 Å². The zero-order valence-corrected chi connectivity index (χ0v) is 12.3. The van der Waals surface area contributed by atoms with Crippen LogP contribution in [0.2, 0.25) is 0 Å². The first kappa shape index (κ1) is 16.0. The molecule has 0 unspecified atom stereocenters. The smallest absolute Gasteiger partial charge is 0.227 e. The molecule has 106 valence electrons. The first-order chi connectivity index (χ1) is 8.81. The molecule has 0 atom stereocenters. The summed E-state index contributed by atoms with van der Waals surface area (Å²) in [4.78, 5) is 12.2. The molecule has 2 N–H and O–H groups in total. The van der Waals surface area contributed by atoms with Gasteiger partial charge in [0.15, 0.2) is 0 Å². The number of anilines is 1. The highest BCUT2D eigenvalue weighted by molar-refractivity contribution is 5.93. The van der Waals surface area contributed by atoms with Gasteiger partial charge in [0.2, 0.25) is 5.91 Å². The van der Waals surface area contributed by atoms with Gasteiger partial charge in [-0.25, -0.2) is 0 Å². The molecule has 1 saturated heterocycles. The number of rotatable bonds is 4. The van der Waals surface area contributed by atoms with Gasteiger partial charge in [-0.15, -0.1) is 12.4 Å². The summed E-state index contributed by atoms with van der Waals surface area (Å²) in [5.74, 6) is 0.348. The molecule has 1 amide bonds. The number of piperidine rings is 1. The van der Waals surface area contributed by atoms with Crippen molar-refractivity contribution in [1.82, 2.24) is 5.32 Å². The van der Waals surface area contributed by atoms with Gasteiger partial charge in [-0.1, -0.05) is 31.5 Å². The average molecular weight is 283 g/mol. The molecule has 19 heavy (non-hydrogen) atoms. The van der Waals surface area contributed by atoms with Gasteiger partial charge < -0.3 is 10.6 Å². The highest BCUT2D eigenvalue weighted by atomic mass is 35.5. The van der Waals surface area contributed by atoms with E-state index in [0.29, 0.717) is 0 Å². The average Bonchev–Trinajstić information content (AvgIpc) is 2.42. The van der Waals surface area contributed by atoms with Gasteiger partial charge >= 0.3 is 0 Å². The van der Waals surface area contributed by atoms with Crippen LogP contribution in [0.5, 0.6) is 0 Å². The minimum absolute atomic E-state index is 0. The van der Waals surface area contributed by atoms with E-state index in [4.69, 9.17) is 0 Å². The van der Waals surface area contributed by atoms with E-state index in [2.05, 4.69) is 23.6 Å². The van der Waals surface area contributed by atoms with Crippen LogP contribution >= 0.6 is 12.4 Å². The highest BCUT2D eigenvalue weighted by Gasteiger charge is 2.21. The predicted molar refractivity (Wildman–Crippen MR) is 81.9 cm³/mol. The number of aryl methyl sites for hydroxylation is 1. The Labute approximate surface area is 121 Å². The number of carbonyl (C=O) groups excluding carboxylic acids is 1. The lowest BCUT2D eigenvalue weighted by atomic mass is 9.97. The van der Waals surface area contributed by atoms with Crippen molar-refractivity contribution in [3.8, 4) is 0 Å². The maximum Gasteiger partial charge on any atom is 0.227 e. The molecule has 0 aromatic heterocycles. The molecule has 1 aliphatic heterocycles. The Morgan fingerprint density at radius 1 is 1.32 bits per heavy atom. The van der Waals surface area contributed by atoms with E-state index in [1.807, 2.05) is 18.2 Å². The molecule has 1 fully saturated rings. The van der Waals surface area contributed by atoms with Gasteiger partial charge in [0.1, 0.15) is 0 Å². The zero-order chi connectivity index (χ0) is 12.8. The van der Waals surface area contributed by atoms with Crippen molar-refractivity contribution in [3.05, 3.63) is 29.8 Å². The number of hydrogen-bond donors (Lipinski definition) is 2. The number of nitrogens with one attached hydrogen (secondary N) is 2. The van der Waals surface area contributed by atoms with Crippen molar-refractivity contribution in [2.24, 2.45) is 5.92 Å². The van der Waals surface area contributed by atoms with E-state index >= 15 is 0 Å². The normalized spacial score (nSPS) is 15.6. The number of benzene rings is 1. The summed E-state index contributed by atoms with van der Waals surface area (Å²) in [5, 5.41) is 6.38. The third-order valence-corrected chi connectivity index (χ3v) is 3.50. The van der Waals surface area contributed by atoms with Crippen LogP contribution in [0.25, 0.3) is 0 Å². The fourth-order valence-corrected chi connectivity index (χ4v) is 2.45. The Kier molecular flexibility index (Phi) is 6.89. The quantitative estimate of drug-likeness (QED) is 0.891. The van der Waals surface area contributed by atoms with Crippen LogP contribution in [0, 0.1) is 5.92 Å². The number of hydrogen-bond acceptors (Lipinski definition) is 2. The van der Waals surface area contributed by atoms with Crippen LogP contribution < -0.4 is 10.6 Å². The molecule has 1 aromatic rings. The third-order valence-electron chi connectivity index (χ3n) is 3.50. The van der Waals surface area contributed by atoms with E-state index in [0.717, 1.165) is 44.5 Å². The number of amides is 1. The van der Waals surface area contributed by atoms with Gasteiger partial charge in [-0.05, 0) is 44.0 Å². The summed E-state index contributed by atoms with van der Waals surface area (Å²) in [6.45, 7) is 4.06. The summed E-state index contributed by atoms with van der Waals surface area (Å²) in [7, 11) is 0. The second kappa shape index (κ2) is 8.18. The molecule has 1 aliphatic rings. The van der Waals surface area contributed by atoms with Crippen molar-refractivity contribution in [2.45, 2.75) is 32.6 Å². The standard InChI is InChI=1S/C15H22N2O.ClH/c1-2-5-12-6-3-4-7-14(12)17-15(18)13-8-10-16-11-9-13;/h3-4,6-7,13,16H,2,5,8-11H2,1H3,(H,17,18);1H. The zero-order valence-electron chi connectivity index (χ0n) is 11.4. The van der Waals surface area contributed by atoms with Crippen molar-refractivity contribution in [2.75, 3.05) is 18.4 Å². The van der Waals surface area contributed by atoms with E-state index < -0.39 is 0 Å². The van der Waals surface area contributed by atoms with Crippen LogP contribution in [0.4, 0.5) is 5.69 Å². The molecule has 0 aliphatic carbocycles. The van der Waals surface area contributed by atoms with Crippen molar-refractivity contribution in [3.63, 3.8) is 0 Å². The summed E-state index contributed by atoms with van der Waals surface area (Å²) in [6.07, 6.45) is 4.01. The van der Waals surface area contributed by atoms with Crippen LogP contribution in [0.1, 0.15) is 31.7 Å². The summed E-state index contributed by atoms with van der Waals surface area (Å²) in [6, 6.07) is 8.12. The van der Waals surface area contributed by atoms with Crippen molar-refractivity contribution in [1.29, 1.82) is 0 Å². The summed E-state index contributed by atoms with van der Waals surface area (Å²) < 4.78 is 0. The number of para-hydroxylation sites is 1. The van der Waals surface area contributed by atoms with E-state index in [-0.39, 0.29) is 24.2 Å². The monoisotopic (exact) mass is 282 g/mol. The van der Waals surface area contributed by atoms with Crippen LogP contribution in [0.15, 0.2) is 24.3 Å². The third kappa shape index (κ3) is 4.51. The van der Waals surface area contributed by atoms with Crippen molar-refractivity contribution < 1.29 is 4.79 Å². The molecule has 4 heteroatoms. The minimum Gasteiger partial charge on any atom is -0.326 e. The second-order valence-corrected chi connectivity index (χ2v) is 4.92. The maximum atomic E-state index is 12.2. The van der Waals surface area contributed by atoms with Gasteiger partial charge in [0, 0.05) is 11.6 Å². The van der Waals surface area contributed by atoms with Crippen molar-refractivity contribution >= 4 is 24.0 Å². The van der Waals surface area contributed by atoms with Crippen LogP contribution in [-0.2, 0) is 11.2 Å². The molecule has 0 spiro atoms. The molecule has 1 heterocycles. The molecular weight excluding hydrogens is 260 g/mol. The topological polar surface area (TPSA) is 41.1 Å². The Morgan fingerprint density at radius 3 is 2.68 bits per heavy atom. The van der Waals surface area contributed by atoms with Gasteiger partial charge in [0.25, 0.3) is 0 Å². The lowest BCUT2D eigenvalue weighted by Gasteiger charge is -2.22. The number of carbonyl (C=O) groups is 1. The van der Waals surface area contributed by atoms with Gasteiger partial charge in [-0.2, -0.15) is 0 Å². The lowest BCUT2D eigenvalue weighted by molar-refractivity contribution is -0.120. The number of halogens is 1. The van der Waals surface area contributed by atoms with E-state index in [9.17, 15) is 4.79 Å². The minimum atomic E-state index is 0. The Morgan fingerprint density at radius 2 is 2.00 bits per heavy atom.